The number of hydrogen-bond acceptors (Lipinski definition) is 5. The van der Waals surface area contributed by atoms with Crippen molar-refractivity contribution in [2.24, 2.45) is 5.92 Å². The Morgan fingerprint density at radius 3 is 2.54 bits per heavy atom. The summed E-state index contributed by atoms with van der Waals surface area (Å²) in [6, 6.07) is 7.40. The first-order valence-electron chi connectivity index (χ1n) is 11.9. The standard InChI is InChI=1S/C25H28FN3O5S/c1-16-2-3-18(12-20(16)26)13-27-22(30)19-6-7-21-24(32)28(10-11-29(21)23(19)31)15-25(8-9-25)35(33,34)14-17-4-5-17/h2-3,6-7,12,17H,4-5,8-11,13-15H2,1H3,(H,27,30). The van der Waals surface area contributed by atoms with Crippen molar-refractivity contribution in [3.63, 3.8) is 0 Å². The van der Waals surface area contributed by atoms with Gasteiger partial charge in [-0.05, 0) is 67.9 Å². The summed E-state index contributed by atoms with van der Waals surface area (Å²) in [4.78, 5) is 40.3. The van der Waals surface area contributed by atoms with Crippen LogP contribution in [0.15, 0.2) is 35.1 Å². The van der Waals surface area contributed by atoms with Gasteiger partial charge in [0.1, 0.15) is 17.1 Å². The molecule has 10 heteroatoms. The number of carbonyl (C=O) groups excluding carboxylic acids is 2. The van der Waals surface area contributed by atoms with Crippen molar-refractivity contribution in [1.82, 2.24) is 14.8 Å². The zero-order chi connectivity index (χ0) is 25.0. The highest BCUT2D eigenvalue weighted by molar-refractivity contribution is 7.93. The van der Waals surface area contributed by atoms with E-state index in [0.717, 1.165) is 12.8 Å². The Kier molecular flexibility index (Phi) is 5.82. The minimum atomic E-state index is -3.29. The van der Waals surface area contributed by atoms with Crippen LogP contribution in [-0.4, -0.2) is 53.3 Å². The summed E-state index contributed by atoms with van der Waals surface area (Å²) in [7, 11) is -3.29. The van der Waals surface area contributed by atoms with E-state index in [0.29, 0.717) is 24.0 Å². The quantitative estimate of drug-likeness (QED) is 0.596. The average Bonchev–Trinajstić information content (AvgIpc) is 3.74. The Hall–Kier alpha value is -3.01. The molecule has 1 aromatic heterocycles. The van der Waals surface area contributed by atoms with Gasteiger partial charge in [-0.3, -0.25) is 14.4 Å². The van der Waals surface area contributed by atoms with E-state index in [-0.39, 0.29) is 54.9 Å². The number of carbonyl (C=O) groups is 2. The fraction of sp³-hybridized carbons (Fsp3) is 0.480. The number of aromatic nitrogens is 1. The van der Waals surface area contributed by atoms with Crippen LogP contribution in [0, 0.1) is 18.7 Å². The van der Waals surface area contributed by atoms with Crippen molar-refractivity contribution in [3.05, 3.63) is 68.9 Å². The highest BCUT2D eigenvalue weighted by atomic mass is 32.2. The van der Waals surface area contributed by atoms with Crippen LogP contribution in [0.1, 0.15) is 57.7 Å². The Balaban J connectivity index is 1.29. The SMILES string of the molecule is Cc1ccc(CNC(=O)c2ccc3n(c2=O)CCN(CC2(S(=O)(=O)CC4CC4)CC2)C3=O)cc1F. The molecule has 1 aromatic carbocycles. The monoisotopic (exact) mass is 501 g/mol. The number of aryl methyl sites for hydroxylation is 1. The van der Waals surface area contributed by atoms with Gasteiger partial charge in [-0.25, -0.2) is 12.8 Å². The van der Waals surface area contributed by atoms with Gasteiger partial charge in [0.2, 0.25) is 0 Å². The first-order chi connectivity index (χ1) is 16.6. The number of nitrogens with zero attached hydrogens (tertiary/aromatic N) is 2. The minimum absolute atomic E-state index is 0.0569. The maximum atomic E-state index is 13.7. The maximum Gasteiger partial charge on any atom is 0.270 e. The van der Waals surface area contributed by atoms with Crippen molar-refractivity contribution in [3.8, 4) is 0 Å². The number of hydrogen-bond donors (Lipinski definition) is 1. The minimum Gasteiger partial charge on any atom is -0.348 e. The van der Waals surface area contributed by atoms with Crippen LogP contribution in [0.2, 0.25) is 0 Å². The van der Waals surface area contributed by atoms with Crippen LogP contribution in [0.3, 0.4) is 0 Å². The normalized spacial score (nSPS) is 18.8. The van der Waals surface area contributed by atoms with E-state index in [1.807, 2.05) is 0 Å². The Morgan fingerprint density at radius 2 is 1.89 bits per heavy atom. The molecule has 2 aliphatic carbocycles. The van der Waals surface area contributed by atoms with Crippen molar-refractivity contribution in [1.29, 1.82) is 0 Å². The average molecular weight is 502 g/mol. The van der Waals surface area contributed by atoms with Gasteiger partial charge >= 0.3 is 0 Å². The lowest BCUT2D eigenvalue weighted by molar-refractivity contribution is 0.0695. The third-order valence-corrected chi connectivity index (χ3v) is 10.1. The van der Waals surface area contributed by atoms with Gasteiger partial charge in [0.25, 0.3) is 17.4 Å². The number of benzene rings is 1. The van der Waals surface area contributed by atoms with Crippen molar-refractivity contribution < 1.29 is 22.4 Å². The van der Waals surface area contributed by atoms with Crippen LogP contribution in [0.4, 0.5) is 4.39 Å². The van der Waals surface area contributed by atoms with Gasteiger partial charge in [0.15, 0.2) is 9.84 Å². The summed E-state index contributed by atoms with van der Waals surface area (Å²) in [5.41, 5.74) is 0.531. The summed E-state index contributed by atoms with van der Waals surface area (Å²) in [6.45, 7) is 2.24. The zero-order valence-corrected chi connectivity index (χ0v) is 20.4. The molecule has 0 saturated heterocycles. The van der Waals surface area contributed by atoms with Crippen molar-refractivity contribution in [2.75, 3.05) is 18.8 Å². The molecule has 2 aromatic rings. The van der Waals surface area contributed by atoms with Gasteiger partial charge < -0.3 is 14.8 Å². The van der Waals surface area contributed by atoms with Gasteiger partial charge in [0, 0.05) is 26.2 Å². The summed E-state index contributed by atoms with van der Waals surface area (Å²) in [5, 5.41) is 2.63. The van der Waals surface area contributed by atoms with Gasteiger partial charge in [0.05, 0.1) is 10.5 Å². The topological polar surface area (TPSA) is 106 Å². The Bertz CT molecular complexity index is 1380. The fourth-order valence-corrected chi connectivity index (χ4v) is 7.03. The molecule has 0 atom stereocenters. The highest BCUT2D eigenvalue weighted by Gasteiger charge is 2.56. The molecule has 1 aliphatic heterocycles. The summed E-state index contributed by atoms with van der Waals surface area (Å²) in [6.07, 6.45) is 3.02. The molecule has 2 heterocycles. The van der Waals surface area contributed by atoms with Gasteiger partial charge in [-0.15, -0.1) is 0 Å². The number of fused-ring (bicyclic) bond motifs is 1. The lowest BCUT2D eigenvalue weighted by Gasteiger charge is -2.32. The number of rotatable bonds is 8. The summed E-state index contributed by atoms with van der Waals surface area (Å²) >= 11 is 0. The maximum absolute atomic E-state index is 13.7. The number of halogens is 1. The lowest BCUT2D eigenvalue weighted by atomic mass is 10.1. The largest absolute Gasteiger partial charge is 0.348 e. The van der Waals surface area contributed by atoms with E-state index in [9.17, 15) is 27.2 Å². The molecular formula is C25H28FN3O5S. The smallest absolute Gasteiger partial charge is 0.270 e. The molecule has 5 rings (SSSR count). The van der Waals surface area contributed by atoms with Crippen LogP contribution in [-0.2, 0) is 22.9 Å². The molecule has 0 spiro atoms. The van der Waals surface area contributed by atoms with E-state index in [1.165, 1.54) is 27.7 Å². The molecule has 2 amide bonds. The van der Waals surface area contributed by atoms with Crippen LogP contribution in [0.5, 0.6) is 0 Å². The molecule has 35 heavy (non-hydrogen) atoms. The molecule has 2 saturated carbocycles. The molecule has 186 valence electrons. The molecule has 0 unspecified atom stereocenters. The predicted octanol–water partition coefficient (Wildman–Crippen LogP) is 2.04. The molecule has 0 radical (unpaired) electrons. The van der Waals surface area contributed by atoms with Crippen LogP contribution >= 0.6 is 0 Å². The van der Waals surface area contributed by atoms with Gasteiger partial charge in [-0.2, -0.15) is 0 Å². The molecular weight excluding hydrogens is 473 g/mol. The molecule has 2 fully saturated rings. The van der Waals surface area contributed by atoms with Crippen molar-refractivity contribution >= 4 is 21.7 Å². The van der Waals surface area contributed by atoms with E-state index in [4.69, 9.17) is 0 Å². The summed E-state index contributed by atoms with van der Waals surface area (Å²) in [5.74, 6) is -0.934. The highest BCUT2D eigenvalue weighted by Crippen LogP contribution is 2.47. The van der Waals surface area contributed by atoms with Crippen molar-refractivity contribution in [2.45, 2.75) is 50.4 Å². The number of sulfone groups is 1. The van der Waals surface area contributed by atoms with E-state index in [1.54, 1.807) is 19.1 Å². The predicted molar refractivity (Wildman–Crippen MR) is 127 cm³/mol. The molecule has 1 N–H and O–H groups in total. The third kappa shape index (κ3) is 4.51. The number of pyridine rings is 1. The Morgan fingerprint density at radius 1 is 1.14 bits per heavy atom. The third-order valence-electron chi connectivity index (χ3n) is 7.31. The number of nitrogens with one attached hydrogen (secondary N) is 1. The molecule has 3 aliphatic rings. The van der Waals surface area contributed by atoms with Crippen LogP contribution < -0.4 is 10.9 Å². The van der Waals surface area contributed by atoms with Crippen LogP contribution in [0.25, 0.3) is 0 Å². The first kappa shape index (κ1) is 23.7. The second-order valence-electron chi connectivity index (χ2n) is 9.99. The molecule has 0 bridgehead atoms. The Labute approximate surface area is 203 Å². The van der Waals surface area contributed by atoms with Gasteiger partial charge in [-0.1, -0.05) is 12.1 Å². The van der Waals surface area contributed by atoms with E-state index < -0.39 is 32.0 Å². The lowest BCUT2D eigenvalue weighted by Crippen LogP contribution is -2.50. The van der Waals surface area contributed by atoms with E-state index >= 15 is 0 Å². The zero-order valence-electron chi connectivity index (χ0n) is 19.5. The first-order valence-corrected chi connectivity index (χ1v) is 13.5. The van der Waals surface area contributed by atoms with E-state index in [2.05, 4.69) is 5.32 Å². The number of amides is 2. The fourth-order valence-electron chi connectivity index (χ4n) is 4.65. The summed E-state index contributed by atoms with van der Waals surface area (Å²) < 4.78 is 40.0. The molecule has 8 nitrogen and oxygen atoms in total. The second kappa shape index (κ2) is 8.58. The second-order valence-corrected chi connectivity index (χ2v) is 12.4.